The quantitative estimate of drug-likeness (QED) is 0.581. The predicted molar refractivity (Wildman–Crippen MR) is 76.0 cm³/mol. The third-order valence-corrected chi connectivity index (χ3v) is 4.27. The number of hydrogen-bond donors (Lipinski definition) is 0. The molecule has 0 aromatic heterocycles. The lowest BCUT2D eigenvalue weighted by atomic mass is 9.61. The lowest BCUT2D eigenvalue weighted by Gasteiger charge is -2.38. The van der Waals surface area contributed by atoms with E-state index in [9.17, 15) is 0 Å². The summed E-state index contributed by atoms with van der Waals surface area (Å²) < 4.78 is 0. The third-order valence-electron chi connectivity index (χ3n) is 4.27. The van der Waals surface area contributed by atoms with Crippen molar-refractivity contribution in [3.63, 3.8) is 0 Å². The van der Waals surface area contributed by atoms with Gasteiger partial charge in [-0.1, -0.05) is 74.0 Å². The molecule has 0 rings (SSSR count). The molecule has 0 aliphatic heterocycles. The van der Waals surface area contributed by atoms with Gasteiger partial charge >= 0.3 is 0 Å². The van der Waals surface area contributed by atoms with E-state index in [1.807, 2.05) is 0 Å². The van der Waals surface area contributed by atoms with Crippen LogP contribution < -0.4 is 0 Å². The Morgan fingerprint density at radius 1 is 0.938 bits per heavy atom. The normalized spacial score (nSPS) is 19.2. The van der Waals surface area contributed by atoms with E-state index in [0.717, 1.165) is 18.3 Å². The van der Waals surface area contributed by atoms with Crippen molar-refractivity contribution in [2.75, 3.05) is 0 Å². The molecule has 0 amide bonds. The van der Waals surface area contributed by atoms with E-state index >= 15 is 0 Å². The number of hydrogen-bond acceptors (Lipinski definition) is 0. The van der Waals surface area contributed by atoms with Gasteiger partial charge in [-0.05, 0) is 22.7 Å². The second-order valence-electron chi connectivity index (χ2n) is 7.53. The highest BCUT2D eigenvalue weighted by molar-refractivity contribution is 6.12. The van der Waals surface area contributed by atoms with Crippen molar-refractivity contribution in [3.05, 3.63) is 0 Å². The Labute approximate surface area is 105 Å². The molecule has 3 atom stereocenters. The van der Waals surface area contributed by atoms with Crippen molar-refractivity contribution in [3.8, 4) is 0 Å². The molecular formula is C15H31B. The van der Waals surface area contributed by atoms with Crippen molar-refractivity contribution in [2.24, 2.45) is 22.7 Å². The van der Waals surface area contributed by atoms with Crippen LogP contribution in [0, 0.1) is 22.7 Å². The van der Waals surface area contributed by atoms with Gasteiger partial charge in [0.15, 0.2) is 0 Å². The van der Waals surface area contributed by atoms with E-state index in [1.54, 1.807) is 0 Å². The molecule has 0 aromatic carbocycles. The van der Waals surface area contributed by atoms with Crippen LogP contribution in [0.1, 0.15) is 68.2 Å². The van der Waals surface area contributed by atoms with Gasteiger partial charge < -0.3 is 0 Å². The maximum Gasteiger partial charge on any atom is 0.0706 e. The van der Waals surface area contributed by atoms with E-state index in [-0.39, 0.29) is 5.41 Å². The molecule has 0 N–H and O–H groups in total. The summed E-state index contributed by atoms with van der Waals surface area (Å²) in [7, 11) is 6.31. The fourth-order valence-corrected chi connectivity index (χ4v) is 2.11. The Morgan fingerprint density at radius 3 is 1.62 bits per heavy atom. The van der Waals surface area contributed by atoms with Gasteiger partial charge in [0.25, 0.3) is 0 Å². The molecule has 0 bridgehead atoms. The zero-order valence-electron chi connectivity index (χ0n) is 12.7. The Balaban J connectivity index is 4.54. The van der Waals surface area contributed by atoms with Crippen LogP contribution in [0.2, 0.25) is 5.82 Å². The lowest BCUT2D eigenvalue weighted by molar-refractivity contribution is 0.150. The fraction of sp³-hybridized carbons (Fsp3) is 1.00. The van der Waals surface area contributed by atoms with Crippen LogP contribution in [0.5, 0.6) is 0 Å². The molecule has 0 aliphatic rings. The van der Waals surface area contributed by atoms with E-state index in [2.05, 4.69) is 55.4 Å². The van der Waals surface area contributed by atoms with Crippen LogP contribution in [0.15, 0.2) is 0 Å². The van der Waals surface area contributed by atoms with Crippen molar-refractivity contribution < 1.29 is 0 Å². The second kappa shape index (κ2) is 5.60. The van der Waals surface area contributed by atoms with Gasteiger partial charge in [-0.2, -0.15) is 0 Å². The van der Waals surface area contributed by atoms with E-state index in [0.29, 0.717) is 11.2 Å². The summed E-state index contributed by atoms with van der Waals surface area (Å²) in [5.74, 6) is 1.78. The summed E-state index contributed by atoms with van der Waals surface area (Å²) in [6.07, 6.45) is 2.39. The lowest BCUT2D eigenvalue weighted by Crippen LogP contribution is -2.28. The Hall–Kier alpha value is 0.0649. The molecule has 0 heterocycles. The molecule has 2 radical (unpaired) electrons. The molecule has 0 nitrogen and oxygen atoms in total. The smallest absolute Gasteiger partial charge is 0.0706 e. The highest BCUT2D eigenvalue weighted by Gasteiger charge is 2.30. The highest BCUT2D eigenvalue weighted by atomic mass is 14.3. The molecule has 0 aliphatic carbocycles. The Bertz CT molecular complexity index is 194. The molecule has 1 heteroatoms. The topological polar surface area (TPSA) is 0 Å². The van der Waals surface area contributed by atoms with Crippen LogP contribution in [0.4, 0.5) is 0 Å². The van der Waals surface area contributed by atoms with Crippen molar-refractivity contribution in [1.29, 1.82) is 0 Å². The summed E-state index contributed by atoms with van der Waals surface area (Å²) in [6.45, 7) is 18.4. The summed E-state index contributed by atoms with van der Waals surface area (Å²) in [5, 5.41) is 0. The van der Waals surface area contributed by atoms with Crippen LogP contribution in [0.25, 0.3) is 0 Å². The van der Waals surface area contributed by atoms with Gasteiger partial charge in [0.1, 0.15) is 0 Å². The molecule has 94 valence electrons. The molecule has 0 saturated carbocycles. The van der Waals surface area contributed by atoms with Gasteiger partial charge in [0.05, 0.1) is 7.85 Å². The fourth-order valence-electron chi connectivity index (χ4n) is 2.11. The second-order valence-corrected chi connectivity index (χ2v) is 7.53. The van der Waals surface area contributed by atoms with Crippen molar-refractivity contribution in [2.45, 2.75) is 74.0 Å². The average Bonchev–Trinajstić information content (AvgIpc) is 2.09. The van der Waals surface area contributed by atoms with Gasteiger partial charge in [-0.3, -0.25) is 0 Å². The van der Waals surface area contributed by atoms with E-state index < -0.39 is 0 Å². The van der Waals surface area contributed by atoms with Crippen LogP contribution in [-0.4, -0.2) is 7.85 Å². The standard InChI is InChI=1S/C15H31B/c1-9-12(11(2)14(3,4)5)10-13(16)15(6,7)8/h11-13H,9-10H2,1-8H3. The largest absolute Gasteiger partial charge is 0.0723 e. The minimum Gasteiger partial charge on any atom is -0.0723 e. The molecule has 16 heavy (non-hydrogen) atoms. The Kier molecular flexibility index (Phi) is 5.62. The SMILES string of the molecule is [B]C(CC(CC)C(C)C(C)(C)C)C(C)(C)C. The van der Waals surface area contributed by atoms with Gasteiger partial charge in [-0.15, -0.1) is 0 Å². The first-order valence-corrected chi connectivity index (χ1v) is 6.75. The summed E-state index contributed by atoms with van der Waals surface area (Å²) >= 11 is 0. The average molecular weight is 222 g/mol. The van der Waals surface area contributed by atoms with Crippen molar-refractivity contribution in [1.82, 2.24) is 0 Å². The minimum atomic E-state index is 0.227. The van der Waals surface area contributed by atoms with E-state index in [4.69, 9.17) is 7.85 Å². The molecule has 0 aromatic rings. The predicted octanol–water partition coefficient (Wildman–Crippen LogP) is 5.09. The summed E-state index contributed by atoms with van der Waals surface area (Å²) in [6, 6.07) is 0. The van der Waals surface area contributed by atoms with Gasteiger partial charge in [-0.25, -0.2) is 0 Å². The van der Waals surface area contributed by atoms with Gasteiger partial charge in [0, 0.05) is 0 Å². The molecule has 0 spiro atoms. The monoisotopic (exact) mass is 222 g/mol. The molecular weight excluding hydrogens is 191 g/mol. The first kappa shape index (κ1) is 16.1. The van der Waals surface area contributed by atoms with Crippen LogP contribution >= 0.6 is 0 Å². The zero-order chi connectivity index (χ0) is 13.1. The van der Waals surface area contributed by atoms with E-state index in [1.165, 1.54) is 6.42 Å². The maximum atomic E-state index is 6.31. The minimum absolute atomic E-state index is 0.227. The third kappa shape index (κ3) is 4.93. The summed E-state index contributed by atoms with van der Waals surface area (Å²) in [4.78, 5) is 0. The maximum absolute atomic E-state index is 6.31. The van der Waals surface area contributed by atoms with Crippen LogP contribution in [-0.2, 0) is 0 Å². The number of rotatable bonds is 4. The molecule has 0 fully saturated rings. The highest BCUT2D eigenvalue weighted by Crippen LogP contribution is 2.41. The first-order chi connectivity index (χ1) is 7.00. The van der Waals surface area contributed by atoms with Crippen LogP contribution in [0.3, 0.4) is 0 Å². The molecule has 3 unspecified atom stereocenters. The first-order valence-electron chi connectivity index (χ1n) is 6.75. The summed E-state index contributed by atoms with van der Waals surface area (Å²) in [5.41, 5.74) is 0.614. The Morgan fingerprint density at radius 2 is 1.38 bits per heavy atom. The molecule has 0 saturated heterocycles. The van der Waals surface area contributed by atoms with Gasteiger partial charge in [0.2, 0.25) is 0 Å². The zero-order valence-corrected chi connectivity index (χ0v) is 12.7. The van der Waals surface area contributed by atoms with Crippen molar-refractivity contribution >= 4 is 7.85 Å².